The highest BCUT2D eigenvalue weighted by Gasteiger charge is 2.16. The average molecular weight is 390 g/mol. The summed E-state index contributed by atoms with van der Waals surface area (Å²) in [7, 11) is 0. The summed E-state index contributed by atoms with van der Waals surface area (Å²) >= 11 is 1.38. The fraction of sp³-hybridized carbons (Fsp3) is 0.143. The van der Waals surface area contributed by atoms with Crippen LogP contribution in [0.25, 0.3) is 22.6 Å². The Morgan fingerprint density at radius 3 is 2.71 bits per heavy atom. The lowest BCUT2D eigenvalue weighted by molar-refractivity contribution is 0.101. The second-order valence-electron chi connectivity index (χ2n) is 6.56. The number of thiazole rings is 1. The van der Waals surface area contributed by atoms with Crippen LogP contribution in [0.2, 0.25) is 0 Å². The number of pyridine rings is 1. The first kappa shape index (κ1) is 18.1. The third-order valence-electron chi connectivity index (χ3n) is 4.53. The molecule has 0 aliphatic rings. The molecule has 0 unspecified atom stereocenters. The maximum atomic E-state index is 12.5. The highest BCUT2D eigenvalue weighted by molar-refractivity contribution is 7.14. The SMILES string of the molecule is Cc1cc(C)c(-c2csc(NC(=O)c3cc(-c4cccnc4)on3)n2)cc1C. The van der Waals surface area contributed by atoms with E-state index < -0.39 is 0 Å². The molecule has 0 radical (unpaired) electrons. The first-order valence-electron chi connectivity index (χ1n) is 8.73. The second kappa shape index (κ2) is 7.36. The van der Waals surface area contributed by atoms with Crippen molar-refractivity contribution in [3.63, 3.8) is 0 Å². The van der Waals surface area contributed by atoms with Gasteiger partial charge in [-0.05, 0) is 55.7 Å². The molecule has 0 atom stereocenters. The van der Waals surface area contributed by atoms with E-state index in [2.05, 4.69) is 53.3 Å². The van der Waals surface area contributed by atoms with Crippen molar-refractivity contribution in [3.05, 3.63) is 70.5 Å². The molecule has 0 aliphatic heterocycles. The fourth-order valence-corrected chi connectivity index (χ4v) is 3.58. The minimum absolute atomic E-state index is 0.193. The molecular weight excluding hydrogens is 372 g/mol. The van der Waals surface area contributed by atoms with Crippen molar-refractivity contribution in [2.75, 3.05) is 5.32 Å². The van der Waals surface area contributed by atoms with Crippen molar-refractivity contribution in [2.45, 2.75) is 20.8 Å². The van der Waals surface area contributed by atoms with E-state index in [4.69, 9.17) is 4.52 Å². The zero-order valence-corrected chi connectivity index (χ0v) is 16.5. The van der Waals surface area contributed by atoms with E-state index >= 15 is 0 Å². The monoisotopic (exact) mass is 390 g/mol. The topological polar surface area (TPSA) is 80.9 Å². The molecule has 0 saturated carbocycles. The predicted octanol–water partition coefficient (Wildman–Crippen LogP) is 5.04. The van der Waals surface area contributed by atoms with Crippen molar-refractivity contribution >= 4 is 22.4 Å². The third-order valence-corrected chi connectivity index (χ3v) is 5.29. The lowest BCUT2D eigenvalue weighted by Crippen LogP contribution is -2.11. The quantitative estimate of drug-likeness (QED) is 0.528. The summed E-state index contributed by atoms with van der Waals surface area (Å²) in [5.41, 5.74) is 6.49. The Balaban J connectivity index is 1.52. The van der Waals surface area contributed by atoms with E-state index in [0.29, 0.717) is 10.9 Å². The number of hydrogen-bond donors (Lipinski definition) is 1. The lowest BCUT2D eigenvalue weighted by atomic mass is 9.99. The lowest BCUT2D eigenvalue weighted by Gasteiger charge is -2.07. The molecule has 140 valence electrons. The Labute approximate surface area is 166 Å². The number of anilines is 1. The van der Waals surface area contributed by atoms with Crippen LogP contribution in [-0.2, 0) is 0 Å². The van der Waals surface area contributed by atoms with Gasteiger partial charge in [0.1, 0.15) is 0 Å². The van der Waals surface area contributed by atoms with Crippen LogP contribution >= 0.6 is 11.3 Å². The molecule has 0 aliphatic carbocycles. The Bertz CT molecular complexity index is 1150. The number of aryl methyl sites for hydroxylation is 3. The van der Waals surface area contributed by atoms with E-state index in [9.17, 15) is 4.79 Å². The van der Waals surface area contributed by atoms with Gasteiger partial charge < -0.3 is 4.52 Å². The van der Waals surface area contributed by atoms with Crippen LogP contribution in [0.3, 0.4) is 0 Å². The van der Waals surface area contributed by atoms with Crippen molar-refractivity contribution in [2.24, 2.45) is 0 Å². The largest absolute Gasteiger partial charge is 0.355 e. The highest BCUT2D eigenvalue weighted by Crippen LogP contribution is 2.29. The molecule has 6 nitrogen and oxygen atoms in total. The standard InChI is InChI=1S/C21H18N4O2S/c1-12-7-14(3)16(8-13(12)2)18-11-28-21(23-18)24-20(26)17-9-19(27-25-17)15-5-4-6-22-10-15/h4-11H,1-3H3,(H,23,24,26). The number of benzene rings is 1. The average Bonchev–Trinajstić information content (AvgIpc) is 3.35. The summed E-state index contributed by atoms with van der Waals surface area (Å²) in [4.78, 5) is 21.1. The second-order valence-corrected chi connectivity index (χ2v) is 7.42. The normalized spacial score (nSPS) is 10.8. The number of carbonyl (C=O) groups is 1. The van der Waals surface area contributed by atoms with Crippen LogP contribution in [-0.4, -0.2) is 21.0 Å². The van der Waals surface area contributed by atoms with Gasteiger partial charge in [-0.3, -0.25) is 15.1 Å². The smallest absolute Gasteiger partial charge is 0.279 e. The summed E-state index contributed by atoms with van der Waals surface area (Å²) < 4.78 is 5.26. The molecule has 4 aromatic rings. The van der Waals surface area contributed by atoms with Crippen molar-refractivity contribution in [1.29, 1.82) is 0 Å². The molecule has 1 aromatic carbocycles. The van der Waals surface area contributed by atoms with Crippen LogP contribution < -0.4 is 5.32 Å². The minimum Gasteiger partial charge on any atom is -0.355 e. The van der Waals surface area contributed by atoms with Gasteiger partial charge in [-0.1, -0.05) is 11.2 Å². The summed E-state index contributed by atoms with van der Waals surface area (Å²) in [6, 6.07) is 9.51. The molecule has 1 N–H and O–H groups in total. The number of nitrogens with one attached hydrogen (secondary N) is 1. The number of carbonyl (C=O) groups excluding carboxylic acids is 1. The van der Waals surface area contributed by atoms with E-state index in [1.165, 1.54) is 22.5 Å². The van der Waals surface area contributed by atoms with Crippen LogP contribution in [0.5, 0.6) is 0 Å². The van der Waals surface area contributed by atoms with Crippen molar-refractivity contribution < 1.29 is 9.32 Å². The van der Waals surface area contributed by atoms with Crippen LogP contribution in [0.4, 0.5) is 5.13 Å². The fourth-order valence-electron chi connectivity index (χ4n) is 2.88. The van der Waals surface area contributed by atoms with Gasteiger partial charge in [0.05, 0.1) is 5.69 Å². The molecule has 7 heteroatoms. The third kappa shape index (κ3) is 3.57. The molecule has 28 heavy (non-hydrogen) atoms. The zero-order valence-electron chi connectivity index (χ0n) is 15.7. The maximum absolute atomic E-state index is 12.5. The van der Waals surface area contributed by atoms with Crippen molar-refractivity contribution in [3.8, 4) is 22.6 Å². The van der Waals surface area contributed by atoms with Gasteiger partial charge in [-0.25, -0.2) is 4.98 Å². The van der Waals surface area contributed by atoms with Crippen LogP contribution in [0, 0.1) is 20.8 Å². The van der Waals surface area contributed by atoms with E-state index in [1.807, 2.05) is 11.4 Å². The Morgan fingerprint density at radius 2 is 1.93 bits per heavy atom. The number of nitrogens with zero attached hydrogens (tertiary/aromatic N) is 3. The maximum Gasteiger partial charge on any atom is 0.279 e. The molecule has 4 rings (SSSR count). The van der Waals surface area contributed by atoms with Gasteiger partial charge >= 0.3 is 0 Å². The summed E-state index contributed by atoms with van der Waals surface area (Å²) in [6.07, 6.45) is 3.33. The highest BCUT2D eigenvalue weighted by atomic mass is 32.1. The first-order chi connectivity index (χ1) is 13.5. The molecule has 0 spiro atoms. The Hall–Kier alpha value is -3.32. The molecule has 3 aromatic heterocycles. The van der Waals surface area contributed by atoms with Crippen LogP contribution in [0.15, 0.2) is 52.6 Å². The number of amides is 1. The summed E-state index contributed by atoms with van der Waals surface area (Å²) in [5, 5.41) is 9.10. The number of rotatable bonds is 4. The van der Waals surface area contributed by atoms with Gasteiger partial charge in [-0.2, -0.15) is 0 Å². The number of hydrogen-bond acceptors (Lipinski definition) is 6. The molecule has 1 amide bonds. The van der Waals surface area contributed by atoms with E-state index in [1.54, 1.807) is 24.5 Å². The summed E-state index contributed by atoms with van der Waals surface area (Å²) in [5.74, 6) is 0.125. The summed E-state index contributed by atoms with van der Waals surface area (Å²) in [6.45, 7) is 6.24. The zero-order chi connectivity index (χ0) is 19.7. The van der Waals surface area contributed by atoms with Gasteiger partial charge in [0.15, 0.2) is 16.6 Å². The van der Waals surface area contributed by atoms with Crippen LogP contribution in [0.1, 0.15) is 27.2 Å². The molecular formula is C21H18N4O2S. The first-order valence-corrected chi connectivity index (χ1v) is 9.61. The Morgan fingerprint density at radius 1 is 1.11 bits per heavy atom. The Kier molecular flexibility index (Phi) is 4.75. The molecule has 3 heterocycles. The van der Waals surface area contributed by atoms with Gasteiger partial charge in [-0.15, -0.1) is 11.3 Å². The van der Waals surface area contributed by atoms with Gasteiger partial charge in [0, 0.05) is 35.0 Å². The van der Waals surface area contributed by atoms with E-state index in [-0.39, 0.29) is 11.6 Å². The molecule has 0 fully saturated rings. The van der Waals surface area contributed by atoms with Gasteiger partial charge in [0.25, 0.3) is 5.91 Å². The van der Waals surface area contributed by atoms with Gasteiger partial charge in [0.2, 0.25) is 0 Å². The molecule has 0 bridgehead atoms. The molecule has 0 saturated heterocycles. The predicted molar refractivity (Wildman–Crippen MR) is 109 cm³/mol. The van der Waals surface area contributed by atoms with Crippen molar-refractivity contribution in [1.82, 2.24) is 15.1 Å². The number of aromatic nitrogens is 3. The van der Waals surface area contributed by atoms with E-state index in [0.717, 1.165) is 22.4 Å². The minimum atomic E-state index is -0.364.